The van der Waals surface area contributed by atoms with E-state index in [0.29, 0.717) is 21.6 Å². The van der Waals surface area contributed by atoms with E-state index in [-0.39, 0.29) is 21.8 Å². The van der Waals surface area contributed by atoms with Crippen LogP contribution in [0.25, 0.3) is 22.1 Å². The Balaban J connectivity index is 1.93. The van der Waals surface area contributed by atoms with E-state index in [9.17, 15) is 13.2 Å². The van der Waals surface area contributed by atoms with Gasteiger partial charge in [-0.05, 0) is 42.0 Å². The Morgan fingerprint density at radius 3 is 2.18 bits per heavy atom. The smallest absolute Gasteiger partial charge is 0.264 e. The van der Waals surface area contributed by atoms with Crippen molar-refractivity contribution < 1.29 is 12.8 Å². The lowest BCUT2D eigenvalue weighted by molar-refractivity contribution is 0.592. The van der Waals surface area contributed by atoms with E-state index >= 15 is 0 Å². The zero-order chi connectivity index (χ0) is 19.7. The normalized spacial score (nSPS) is 11.5. The Labute approximate surface area is 166 Å². The van der Waals surface area contributed by atoms with Gasteiger partial charge >= 0.3 is 0 Å². The lowest BCUT2D eigenvalue weighted by atomic mass is 10.0. The van der Waals surface area contributed by atoms with Gasteiger partial charge in [-0.1, -0.05) is 54.1 Å². The van der Waals surface area contributed by atoms with Gasteiger partial charge in [0.1, 0.15) is 5.58 Å². The summed E-state index contributed by atoms with van der Waals surface area (Å²) in [4.78, 5) is 13.1. The second-order valence-corrected chi connectivity index (χ2v) is 8.18. The molecule has 0 aliphatic heterocycles. The fourth-order valence-electron chi connectivity index (χ4n) is 2.88. The second-order valence-electron chi connectivity index (χ2n) is 6.06. The zero-order valence-corrected chi connectivity index (χ0v) is 16.0. The van der Waals surface area contributed by atoms with Crippen molar-refractivity contribution in [2.45, 2.75) is 4.90 Å². The molecule has 0 radical (unpaired) electrons. The lowest BCUT2D eigenvalue weighted by Gasteiger charge is -2.12. The molecule has 0 saturated heterocycles. The van der Waals surface area contributed by atoms with Crippen LogP contribution < -0.4 is 10.2 Å². The van der Waals surface area contributed by atoms with E-state index in [1.54, 1.807) is 48.5 Å². The minimum atomic E-state index is -3.99. The van der Waals surface area contributed by atoms with Gasteiger partial charge in [-0.15, -0.1) is 0 Å². The molecule has 0 unspecified atom stereocenters. The summed E-state index contributed by atoms with van der Waals surface area (Å²) in [6, 6.07) is 21.2. The van der Waals surface area contributed by atoms with Crippen molar-refractivity contribution in [3.8, 4) is 11.1 Å². The van der Waals surface area contributed by atoms with Crippen LogP contribution in [0.3, 0.4) is 0 Å². The molecule has 0 aliphatic carbocycles. The minimum Gasteiger partial charge on any atom is -0.439 e. The average Bonchev–Trinajstić information content (AvgIpc) is 2.69. The maximum atomic E-state index is 13.1. The van der Waals surface area contributed by atoms with E-state index < -0.39 is 10.0 Å². The number of hydrogen-bond donors (Lipinski definition) is 1. The van der Waals surface area contributed by atoms with Crippen LogP contribution in [-0.2, 0) is 10.0 Å². The van der Waals surface area contributed by atoms with Crippen molar-refractivity contribution in [2.75, 3.05) is 4.72 Å². The van der Waals surface area contributed by atoms with Crippen molar-refractivity contribution in [1.82, 2.24) is 0 Å². The Kier molecular flexibility index (Phi) is 4.66. The molecule has 5 nitrogen and oxygen atoms in total. The molecule has 3 aromatic carbocycles. The third-order valence-electron chi connectivity index (χ3n) is 4.21. The highest BCUT2D eigenvalue weighted by molar-refractivity contribution is 7.92. The number of halogens is 1. The van der Waals surface area contributed by atoms with Crippen molar-refractivity contribution in [3.05, 3.63) is 94.1 Å². The van der Waals surface area contributed by atoms with Crippen molar-refractivity contribution in [2.24, 2.45) is 0 Å². The average molecular weight is 412 g/mol. The van der Waals surface area contributed by atoms with Crippen LogP contribution in [-0.4, -0.2) is 8.42 Å². The summed E-state index contributed by atoms with van der Waals surface area (Å²) < 4.78 is 33.9. The van der Waals surface area contributed by atoms with Crippen LogP contribution in [0.1, 0.15) is 0 Å². The maximum absolute atomic E-state index is 13.1. The van der Waals surface area contributed by atoms with E-state index in [1.165, 1.54) is 24.3 Å². The van der Waals surface area contributed by atoms with Crippen LogP contribution in [0.4, 0.5) is 5.88 Å². The number of rotatable bonds is 4. The van der Waals surface area contributed by atoms with E-state index in [0.717, 1.165) is 0 Å². The highest BCUT2D eigenvalue weighted by Gasteiger charge is 2.22. The summed E-state index contributed by atoms with van der Waals surface area (Å²) >= 11 is 5.84. The summed E-state index contributed by atoms with van der Waals surface area (Å²) in [7, 11) is -3.99. The van der Waals surface area contributed by atoms with Gasteiger partial charge in [0.25, 0.3) is 10.0 Å². The standard InChI is InChI=1S/C21H14ClNO4S/c22-15-10-12-16(13-11-15)28(25,26)23-21-19(14-6-2-1-3-7-14)20(24)17-8-4-5-9-18(17)27-21/h1-13,23H. The number of para-hydroxylation sites is 1. The van der Waals surface area contributed by atoms with Crippen LogP contribution in [0, 0.1) is 0 Å². The highest BCUT2D eigenvalue weighted by Crippen LogP contribution is 2.30. The van der Waals surface area contributed by atoms with Gasteiger partial charge in [-0.2, -0.15) is 0 Å². The van der Waals surface area contributed by atoms with E-state index in [1.807, 2.05) is 6.07 Å². The quantitative estimate of drug-likeness (QED) is 0.517. The fraction of sp³-hybridized carbons (Fsp3) is 0. The van der Waals surface area contributed by atoms with Gasteiger partial charge < -0.3 is 4.42 Å². The molecule has 1 aromatic heterocycles. The van der Waals surface area contributed by atoms with Gasteiger partial charge in [-0.3, -0.25) is 4.79 Å². The first-order chi connectivity index (χ1) is 13.5. The molecule has 0 saturated carbocycles. The molecule has 4 rings (SSSR count). The van der Waals surface area contributed by atoms with Crippen LogP contribution in [0.2, 0.25) is 5.02 Å². The van der Waals surface area contributed by atoms with Crippen LogP contribution in [0.15, 0.2) is 93.0 Å². The first-order valence-electron chi connectivity index (χ1n) is 8.35. The van der Waals surface area contributed by atoms with Crippen molar-refractivity contribution in [1.29, 1.82) is 0 Å². The summed E-state index contributed by atoms with van der Waals surface area (Å²) in [6.45, 7) is 0. The predicted molar refractivity (Wildman–Crippen MR) is 110 cm³/mol. The summed E-state index contributed by atoms with van der Waals surface area (Å²) in [6.07, 6.45) is 0. The molecule has 0 spiro atoms. The molecule has 28 heavy (non-hydrogen) atoms. The third kappa shape index (κ3) is 3.40. The molecule has 7 heteroatoms. The van der Waals surface area contributed by atoms with E-state index in [4.69, 9.17) is 16.0 Å². The number of benzene rings is 3. The molecule has 0 atom stereocenters. The molecule has 0 fully saturated rings. The lowest BCUT2D eigenvalue weighted by Crippen LogP contribution is -2.17. The molecule has 0 amide bonds. The molecule has 1 heterocycles. The number of anilines is 1. The Hall–Kier alpha value is -3.09. The largest absolute Gasteiger partial charge is 0.439 e. The van der Waals surface area contributed by atoms with Gasteiger partial charge in [0.05, 0.1) is 15.8 Å². The van der Waals surface area contributed by atoms with Crippen molar-refractivity contribution in [3.63, 3.8) is 0 Å². The first kappa shape index (κ1) is 18.3. The number of nitrogens with one attached hydrogen (secondary N) is 1. The third-order valence-corrected chi connectivity index (χ3v) is 5.81. The highest BCUT2D eigenvalue weighted by atomic mass is 35.5. The molecule has 0 aliphatic rings. The summed E-state index contributed by atoms with van der Waals surface area (Å²) in [5, 5.41) is 0.789. The Morgan fingerprint density at radius 2 is 1.46 bits per heavy atom. The van der Waals surface area contributed by atoms with Gasteiger partial charge in [-0.25, -0.2) is 13.1 Å². The van der Waals surface area contributed by atoms with Gasteiger partial charge in [0.15, 0.2) is 0 Å². The topological polar surface area (TPSA) is 76.4 Å². The SMILES string of the molecule is O=c1c(-c2ccccc2)c(NS(=O)(=O)c2ccc(Cl)cc2)oc2ccccc12. The molecule has 4 aromatic rings. The van der Waals surface area contributed by atoms with Crippen molar-refractivity contribution >= 4 is 38.5 Å². The maximum Gasteiger partial charge on any atom is 0.264 e. The Morgan fingerprint density at radius 1 is 0.821 bits per heavy atom. The monoisotopic (exact) mass is 411 g/mol. The molecule has 1 N–H and O–H groups in total. The zero-order valence-electron chi connectivity index (χ0n) is 14.4. The summed E-state index contributed by atoms with van der Waals surface area (Å²) in [5.41, 5.74) is 0.676. The van der Waals surface area contributed by atoms with Crippen LogP contribution in [0.5, 0.6) is 0 Å². The minimum absolute atomic E-state index is 0.00622. The predicted octanol–water partition coefficient (Wildman–Crippen LogP) is 4.91. The second kappa shape index (κ2) is 7.14. The number of fused-ring (bicyclic) bond motifs is 1. The van der Waals surface area contributed by atoms with Gasteiger partial charge in [0.2, 0.25) is 11.3 Å². The van der Waals surface area contributed by atoms with Crippen LogP contribution >= 0.6 is 11.6 Å². The van der Waals surface area contributed by atoms with Gasteiger partial charge in [0, 0.05) is 5.02 Å². The fourth-order valence-corrected chi connectivity index (χ4v) is 4.00. The number of hydrogen-bond acceptors (Lipinski definition) is 4. The number of sulfonamides is 1. The molecular weight excluding hydrogens is 398 g/mol. The summed E-state index contributed by atoms with van der Waals surface area (Å²) in [5.74, 6) is -0.134. The molecule has 140 valence electrons. The molecule has 0 bridgehead atoms. The molecular formula is C21H14ClNO4S. The van der Waals surface area contributed by atoms with E-state index in [2.05, 4.69) is 4.72 Å². The first-order valence-corrected chi connectivity index (χ1v) is 10.2. The Bertz CT molecular complexity index is 1310.